The van der Waals surface area contributed by atoms with Crippen LogP contribution in [0.5, 0.6) is 5.75 Å². The summed E-state index contributed by atoms with van der Waals surface area (Å²) in [5, 5.41) is 3.92. The van der Waals surface area contributed by atoms with Crippen molar-refractivity contribution in [3.8, 4) is 16.9 Å². The highest BCUT2D eigenvalue weighted by Crippen LogP contribution is 2.42. The van der Waals surface area contributed by atoms with Gasteiger partial charge in [-0.3, -0.25) is 0 Å². The van der Waals surface area contributed by atoms with Gasteiger partial charge >= 0.3 is 0 Å². The summed E-state index contributed by atoms with van der Waals surface area (Å²) < 4.78 is 19.1. The quantitative estimate of drug-likeness (QED) is 0.843. The van der Waals surface area contributed by atoms with E-state index < -0.39 is 0 Å². The van der Waals surface area contributed by atoms with Gasteiger partial charge < -0.3 is 9.57 Å². The minimum Gasteiger partial charge on any atom is -0.496 e. The van der Waals surface area contributed by atoms with E-state index in [1.165, 1.54) is 12.1 Å². The highest BCUT2D eigenvalue weighted by molar-refractivity contribution is 6.52. The van der Waals surface area contributed by atoms with E-state index in [1.807, 2.05) is 19.9 Å². The molecule has 0 aromatic heterocycles. The molecule has 0 amide bonds. The Labute approximate surface area is 126 Å². The van der Waals surface area contributed by atoms with Crippen molar-refractivity contribution in [2.24, 2.45) is 10.1 Å². The van der Waals surface area contributed by atoms with Crippen LogP contribution in [-0.4, -0.2) is 18.7 Å². The van der Waals surface area contributed by atoms with E-state index in [0.717, 1.165) is 39.2 Å². The van der Waals surface area contributed by atoms with Crippen LogP contribution in [0.3, 0.4) is 0 Å². The maximum absolute atomic E-state index is 13.7. The number of aliphatic imine (C=N–C) groups is 1. The highest BCUT2D eigenvalue weighted by atomic mass is 19.1. The van der Waals surface area contributed by atoms with Crippen LogP contribution < -0.4 is 4.74 Å². The molecule has 0 saturated carbocycles. The van der Waals surface area contributed by atoms with Gasteiger partial charge in [-0.1, -0.05) is 5.16 Å². The monoisotopic (exact) mass is 296 g/mol. The zero-order valence-electron chi connectivity index (χ0n) is 12.4. The molecule has 22 heavy (non-hydrogen) atoms. The lowest BCUT2D eigenvalue weighted by atomic mass is 9.91. The summed E-state index contributed by atoms with van der Waals surface area (Å²) in [5.41, 5.74) is 6.27. The summed E-state index contributed by atoms with van der Waals surface area (Å²) in [6, 6.07) is 6.50. The molecule has 0 unspecified atom stereocenters. The minimum atomic E-state index is -0.297. The van der Waals surface area contributed by atoms with E-state index in [2.05, 4.69) is 10.1 Å². The lowest BCUT2D eigenvalue weighted by Crippen LogP contribution is -2.22. The first-order valence-corrected chi connectivity index (χ1v) is 6.92. The molecule has 110 valence electrons. The first-order chi connectivity index (χ1) is 10.6. The molecule has 2 heterocycles. The molecular formula is C17H13FN2O2. The maximum atomic E-state index is 13.7. The number of rotatable bonds is 2. The lowest BCUT2D eigenvalue weighted by Gasteiger charge is -2.16. The third-order valence-electron chi connectivity index (χ3n) is 4.21. The average Bonchev–Trinajstić information content (AvgIpc) is 2.73. The number of methoxy groups -OCH3 is 1. The van der Waals surface area contributed by atoms with Gasteiger partial charge in [0.25, 0.3) is 5.90 Å². The summed E-state index contributed by atoms with van der Waals surface area (Å²) in [6.07, 6.45) is 0. The van der Waals surface area contributed by atoms with Crippen LogP contribution in [0.1, 0.15) is 16.7 Å². The van der Waals surface area contributed by atoms with Crippen LogP contribution in [0.15, 0.2) is 34.4 Å². The molecule has 0 atom stereocenters. The maximum Gasteiger partial charge on any atom is 0.279 e. The molecule has 2 aliphatic rings. The minimum absolute atomic E-state index is 0.297. The predicted molar refractivity (Wildman–Crippen MR) is 82.6 cm³/mol. The summed E-state index contributed by atoms with van der Waals surface area (Å²) in [4.78, 5) is 9.43. The van der Waals surface area contributed by atoms with Crippen LogP contribution >= 0.6 is 0 Å². The van der Waals surface area contributed by atoms with Crippen molar-refractivity contribution in [3.63, 3.8) is 0 Å². The predicted octanol–water partition coefficient (Wildman–Crippen LogP) is 3.90. The van der Waals surface area contributed by atoms with Crippen LogP contribution in [0.4, 0.5) is 10.1 Å². The normalized spacial score (nSPS) is 14.4. The number of halogens is 1. The molecule has 0 fully saturated rings. The van der Waals surface area contributed by atoms with Gasteiger partial charge in [-0.15, -0.1) is 0 Å². The molecule has 2 aromatic rings. The van der Waals surface area contributed by atoms with Crippen LogP contribution in [-0.2, 0) is 4.84 Å². The molecule has 4 nitrogen and oxygen atoms in total. The van der Waals surface area contributed by atoms with Crippen molar-refractivity contribution in [1.29, 1.82) is 0 Å². The Morgan fingerprint density at radius 1 is 1.05 bits per heavy atom. The summed E-state index contributed by atoms with van der Waals surface area (Å²) in [6.45, 7) is 4.00. The smallest absolute Gasteiger partial charge is 0.279 e. The number of fused-ring (bicyclic) bond motifs is 3. The number of benzene rings is 2. The fraction of sp³-hybridized carbons (Fsp3) is 0.176. The number of ether oxygens (including phenoxy) is 1. The molecule has 2 aromatic carbocycles. The van der Waals surface area contributed by atoms with E-state index in [4.69, 9.17) is 9.57 Å². The summed E-state index contributed by atoms with van der Waals surface area (Å²) >= 11 is 0. The highest BCUT2D eigenvalue weighted by Gasteiger charge is 2.34. The number of hydrogen-bond acceptors (Lipinski definition) is 4. The largest absolute Gasteiger partial charge is 0.496 e. The van der Waals surface area contributed by atoms with Gasteiger partial charge in [0.05, 0.1) is 12.8 Å². The molecule has 2 aliphatic heterocycles. The molecule has 5 heteroatoms. The standard InChI is InChI=1S/C17H13FN2O2/c1-8-9(2)15-13(16-17(19-15)22-20-16)7-11(8)12-6-10(18)4-5-14(12)21-3/h4-7H,1-3H3. The van der Waals surface area contributed by atoms with Crippen molar-refractivity contribution in [2.45, 2.75) is 13.8 Å². The van der Waals surface area contributed by atoms with Crippen molar-refractivity contribution in [1.82, 2.24) is 0 Å². The zero-order chi connectivity index (χ0) is 15.4. The molecule has 0 spiro atoms. The first kappa shape index (κ1) is 13.0. The van der Waals surface area contributed by atoms with Gasteiger partial charge in [-0.05, 0) is 54.8 Å². The molecule has 0 radical (unpaired) electrons. The SMILES string of the molecule is COc1ccc(F)cc1-c1cc2c(c(C)c1C)N=C1ON=C12. The molecule has 0 bridgehead atoms. The van der Waals surface area contributed by atoms with Crippen LogP contribution in [0.25, 0.3) is 11.1 Å². The summed E-state index contributed by atoms with van der Waals surface area (Å²) in [7, 11) is 1.58. The number of oxime groups is 1. The molecule has 4 rings (SSSR count). The first-order valence-electron chi connectivity index (χ1n) is 6.92. The molecule has 0 N–H and O–H groups in total. The van der Waals surface area contributed by atoms with E-state index in [-0.39, 0.29) is 5.82 Å². The topological polar surface area (TPSA) is 43.2 Å². The van der Waals surface area contributed by atoms with Crippen molar-refractivity contribution >= 4 is 17.3 Å². The van der Waals surface area contributed by atoms with Crippen LogP contribution in [0, 0.1) is 19.7 Å². The second kappa shape index (κ2) is 4.40. The van der Waals surface area contributed by atoms with Gasteiger partial charge in [0, 0.05) is 11.1 Å². The van der Waals surface area contributed by atoms with E-state index in [0.29, 0.717) is 11.6 Å². The Morgan fingerprint density at radius 2 is 1.86 bits per heavy atom. The Kier molecular flexibility index (Phi) is 2.60. The van der Waals surface area contributed by atoms with Gasteiger partial charge in [0.15, 0.2) is 5.71 Å². The summed E-state index contributed by atoms with van der Waals surface area (Å²) in [5.74, 6) is 0.894. The van der Waals surface area contributed by atoms with E-state index in [9.17, 15) is 4.39 Å². The van der Waals surface area contributed by atoms with Gasteiger partial charge in [-0.25, -0.2) is 9.38 Å². The van der Waals surface area contributed by atoms with Crippen LogP contribution in [0.2, 0.25) is 0 Å². The average molecular weight is 296 g/mol. The van der Waals surface area contributed by atoms with Gasteiger partial charge in [0.2, 0.25) is 0 Å². The van der Waals surface area contributed by atoms with Crippen molar-refractivity contribution < 1.29 is 14.0 Å². The van der Waals surface area contributed by atoms with Crippen molar-refractivity contribution in [2.75, 3.05) is 7.11 Å². The second-order valence-corrected chi connectivity index (χ2v) is 5.36. The molecule has 0 aliphatic carbocycles. The van der Waals surface area contributed by atoms with Gasteiger partial charge in [0.1, 0.15) is 11.6 Å². The third kappa shape index (κ3) is 1.62. The van der Waals surface area contributed by atoms with E-state index >= 15 is 0 Å². The zero-order valence-corrected chi connectivity index (χ0v) is 12.4. The number of hydrogen-bond donors (Lipinski definition) is 0. The lowest BCUT2D eigenvalue weighted by molar-refractivity contribution is 0.309. The van der Waals surface area contributed by atoms with E-state index in [1.54, 1.807) is 13.2 Å². The Morgan fingerprint density at radius 3 is 2.55 bits per heavy atom. The van der Waals surface area contributed by atoms with Gasteiger partial charge in [-0.2, -0.15) is 0 Å². The molecule has 0 saturated heterocycles. The Hall–Kier alpha value is -2.69. The fourth-order valence-corrected chi connectivity index (χ4v) is 2.87. The molecular weight excluding hydrogens is 283 g/mol. The number of nitrogens with zero attached hydrogens (tertiary/aromatic N) is 2. The second-order valence-electron chi connectivity index (χ2n) is 5.36. The Balaban J connectivity index is 1.99. The Bertz CT molecular complexity index is 885. The van der Waals surface area contributed by atoms with Crippen molar-refractivity contribution in [3.05, 3.63) is 46.8 Å². The third-order valence-corrected chi connectivity index (χ3v) is 4.21. The fourth-order valence-electron chi connectivity index (χ4n) is 2.87.